The number of aromatic nitrogens is 2. The molecule has 0 radical (unpaired) electrons. The number of fused-ring (bicyclic) bond motifs is 1. The highest BCUT2D eigenvalue weighted by Gasteiger charge is 2.06. The highest BCUT2D eigenvalue weighted by molar-refractivity contribution is 6.03. The van der Waals surface area contributed by atoms with E-state index in [0.29, 0.717) is 5.69 Å². The van der Waals surface area contributed by atoms with Gasteiger partial charge in [0.2, 0.25) is 0 Å². The molecule has 0 spiro atoms. The number of carbonyl (C=O) groups is 1. The number of hydrogen-bond donors (Lipinski definition) is 1. The summed E-state index contributed by atoms with van der Waals surface area (Å²) in [5, 5.41) is 3.81. The van der Waals surface area contributed by atoms with Crippen molar-refractivity contribution in [3.05, 3.63) is 66.6 Å². The molecule has 92 valence electrons. The molecule has 3 aromatic rings. The third-order valence-electron chi connectivity index (χ3n) is 2.76. The van der Waals surface area contributed by atoms with Crippen LogP contribution in [0.3, 0.4) is 0 Å². The van der Waals surface area contributed by atoms with Crippen LogP contribution in [0.5, 0.6) is 0 Å². The second-order valence-corrected chi connectivity index (χ2v) is 4.08. The number of pyridine rings is 2. The van der Waals surface area contributed by atoms with Gasteiger partial charge in [0.1, 0.15) is 5.69 Å². The predicted octanol–water partition coefficient (Wildman–Crippen LogP) is 2.88. The summed E-state index contributed by atoms with van der Waals surface area (Å²) in [6, 6.07) is 14.7. The number of anilines is 1. The topological polar surface area (TPSA) is 54.9 Å². The molecule has 3 rings (SSSR count). The van der Waals surface area contributed by atoms with Crippen molar-refractivity contribution in [3.8, 4) is 0 Å². The van der Waals surface area contributed by atoms with Crippen molar-refractivity contribution in [2.24, 2.45) is 0 Å². The van der Waals surface area contributed by atoms with Crippen LogP contribution in [-0.4, -0.2) is 15.9 Å². The molecule has 0 atom stereocenters. The molecule has 19 heavy (non-hydrogen) atoms. The van der Waals surface area contributed by atoms with Gasteiger partial charge in [0.05, 0.1) is 5.52 Å². The van der Waals surface area contributed by atoms with E-state index in [0.717, 1.165) is 16.6 Å². The summed E-state index contributed by atoms with van der Waals surface area (Å²) in [6.07, 6.45) is 3.34. The van der Waals surface area contributed by atoms with Gasteiger partial charge >= 0.3 is 0 Å². The first-order valence-electron chi connectivity index (χ1n) is 5.90. The second-order valence-electron chi connectivity index (χ2n) is 4.08. The van der Waals surface area contributed by atoms with E-state index in [1.165, 1.54) is 0 Å². The highest BCUT2D eigenvalue weighted by atomic mass is 16.1. The van der Waals surface area contributed by atoms with Crippen molar-refractivity contribution >= 4 is 22.5 Å². The van der Waals surface area contributed by atoms with Crippen LogP contribution in [0.1, 0.15) is 10.5 Å². The van der Waals surface area contributed by atoms with Gasteiger partial charge in [-0.25, -0.2) is 0 Å². The van der Waals surface area contributed by atoms with Crippen molar-refractivity contribution in [2.75, 3.05) is 5.32 Å². The van der Waals surface area contributed by atoms with E-state index in [-0.39, 0.29) is 5.91 Å². The van der Waals surface area contributed by atoms with Crippen LogP contribution in [-0.2, 0) is 0 Å². The van der Waals surface area contributed by atoms with Crippen molar-refractivity contribution in [1.82, 2.24) is 9.97 Å². The quantitative estimate of drug-likeness (QED) is 0.759. The van der Waals surface area contributed by atoms with Gasteiger partial charge < -0.3 is 5.32 Å². The van der Waals surface area contributed by atoms with Crippen LogP contribution in [0.15, 0.2) is 60.9 Å². The Kier molecular flexibility index (Phi) is 2.90. The molecule has 0 fully saturated rings. The Hall–Kier alpha value is -2.75. The molecule has 0 aliphatic carbocycles. The maximum absolute atomic E-state index is 12.0. The monoisotopic (exact) mass is 249 g/mol. The van der Waals surface area contributed by atoms with Crippen LogP contribution >= 0.6 is 0 Å². The number of amides is 1. The molecule has 0 bridgehead atoms. The third-order valence-corrected chi connectivity index (χ3v) is 2.76. The average Bonchev–Trinajstić information content (AvgIpc) is 2.48. The Balaban J connectivity index is 1.87. The van der Waals surface area contributed by atoms with Gasteiger partial charge in [-0.15, -0.1) is 0 Å². The number of benzene rings is 1. The molecule has 2 aromatic heterocycles. The summed E-state index contributed by atoms with van der Waals surface area (Å²) < 4.78 is 0. The molecular formula is C15H11N3O. The standard InChI is InChI=1S/C15H11N3O/c19-15(14-5-1-2-8-17-14)18-12-6-7-13-11(10-12)4-3-9-16-13/h1-10H,(H,18,19). The van der Waals surface area contributed by atoms with Crippen molar-refractivity contribution in [2.45, 2.75) is 0 Å². The SMILES string of the molecule is O=C(Nc1ccc2ncccc2c1)c1ccccn1. The maximum atomic E-state index is 12.0. The highest BCUT2D eigenvalue weighted by Crippen LogP contribution is 2.17. The van der Waals surface area contributed by atoms with Crippen LogP contribution in [0.25, 0.3) is 10.9 Å². The Morgan fingerprint density at radius 1 is 0.947 bits per heavy atom. The largest absolute Gasteiger partial charge is 0.321 e. The molecule has 0 aliphatic heterocycles. The molecular weight excluding hydrogens is 238 g/mol. The first-order valence-corrected chi connectivity index (χ1v) is 5.90. The molecule has 0 saturated heterocycles. The fraction of sp³-hybridized carbons (Fsp3) is 0. The zero-order valence-electron chi connectivity index (χ0n) is 10.1. The zero-order valence-corrected chi connectivity index (χ0v) is 10.1. The van der Waals surface area contributed by atoms with Gasteiger partial charge in [-0.1, -0.05) is 12.1 Å². The summed E-state index contributed by atoms with van der Waals surface area (Å²) in [6.45, 7) is 0. The fourth-order valence-electron chi connectivity index (χ4n) is 1.85. The minimum atomic E-state index is -0.219. The Bertz CT molecular complexity index is 726. The molecule has 0 saturated carbocycles. The maximum Gasteiger partial charge on any atom is 0.274 e. The number of rotatable bonds is 2. The summed E-state index contributed by atoms with van der Waals surface area (Å²) in [7, 11) is 0. The lowest BCUT2D eigenvalue weighted by Gasteiger charge is -2.05. The van der Waals surface area contributed by atoms with Crippen molar-refractivity contribution < 1.29 is 4.79 Å². The number of nitrogens with one attached hydrogen (secondary N) is 1. The molecule has 1 N–H and O–H groups in total. The third kappa shape index (κ3) is 2.42. The number of hydrogen-bond acceptors (Lipinski definition) is 3. The Labute approximate surface area is 110 Å². The van der Waals surface area contributed by atoms with E-state index < -0.39 is 0 Å². The number of carbonyl (C=O) groups excluding carboxylic acids is 1. The Morgan fingerprint density at radius 3 is 2.68 bits per heavy atom. The first kappa shape index (κ1) is 11.3. The van der Waals surface area contributed by atoms with Gasteiger partial charge in [-0.05, 0) is 36.4 Å². The van der Waals surface area contributed by atoms with E-state index in [2.05, 4.69) is 15.3 Å². The molecule has 0 unspecified atom stereocenters. The minimum absolute atomic E-state index is 0.219. The molecule has 1 amide bonds. The Morgan fingerprint density at radius 2 is 1.84 bits per heavy atom. The average molecular weight is 249 g/mol. The van der Waals surface area contributed by atoms with E-state index >= 15 is 0 Å². The first-order chi connectivity index (χ1) is 9.33. The predicted molar refractivity (Wildman–Crippen MR) is 73.9 cm³/mol. The van der Waals surface area contributed by atoms with Crippen molar-refractivity contribution in [3.63, 3.8) is 0 Å². The lowest BCUT2D eigenvalue weighted by Crippen LogP contribution is -2.13. The zero-order chi connectivity index (χ0) is 13.1. The van der Waals surface area contributed by atoms with E-state index in [9.17, 15) is 4.79 Å². The van der Waals surface area contributed by atoms with E-state index in [1.54, 1.807) is 30.6 Å². The van der Waals surface area contributed by atoms with E-state index in [1.807, 2.05) is 30.3 Å². The summed E-state index contributed by atoms with van der Waals surface area (Å²) in [5.41, 5.74) is 2.03. The van der Waals surface area contributed by atoms with Crippen LogP contribution in [0.4, 0.5) is 5.69 Å². The smallest absolute Gasteiger partial charge is 0.274 e. The molecule has 1 aromatic carbocycles. The van der Waals surface area contributed by atoms with Gasteiger partial charge in [0.25, 0.3) is 5.91 Å². The van der Waals surface area contributed by atoms with Gasteiger partial charge in [0.15, 0.2) is 0 Å². The molecule has 4 nitrogen and oxygen atoms in total. The summed E-state index contributed by atoms with van der Waals surface area (Å²) >= 11 is 0. The summed E-state index contributed by atoms with van der Waals surface area (Å²) in [5.74, 6) is -0.219. The lowest BCUT2D eigenvalue weighted by atomic mass is 10.2. The van der Waals surface area contributed by atoms with Crippen LogP contribution in [0.2, 0.25) is 0 Å². The normalized spacial score (nSPS) is 10.3. The molecule has 0 aliphatic rings. The van der Waals surface area contributed by atoms with Crippen molar-refractivity contribution in [1.29, 1.82) is 0 Å². The van der Waals surface area contributed by atoms with Gasteiger partial charge in [-0.3, -0.25) is 14.8 Å². The fourth-order valence-corrected chi connectivity index (χ4v) is 1.85. The summed E-state index contributed by atoms with van der Waals surface area (Å²) in [4.78, 5) is 20.2. The van der Waals surface area contributed by atoms with E-state index in [4.69, 9.17) is 0 Å². The minimum Gasteiger partial charge on any atom is -0.321 e. The van der Waals surface area contributed by atoms with Gasteiger partial charge in [0, 0.05) is 23.5 Å². The lowest BCUT2D eigenvalue weighted by molar-refractivity contribution is 0.102. The van der Waals surface area contributed by atoms with Crippen LogP contribution < -0.4 is 5.32 Å². The number of nitrogens with zero attached hydrogens (tertiary/aromatic N) is 2. The molecule has 4 heteroatoms. The second kappa shape index (κ2) is 4.86. The van der Waals surface area contributed by atoms with Crippen LogP contribution in [0, 0.1) is 0 Å². The van der Waals surface area contributed by atoms with Gasteiger partial charge in [-0.2, -0.15) is 0 Å². The molecule has 2 heterocycles.